The van der Waals surface area contributed by atoms with Crippen LogP contribution in [0, 0.1) is 5.92 Å². The zero-order valence-electron chi connectivity index (χ0n) is 11.4. The van der Waals surface area contributed by atoms with Crippen LogP contribution in [0.15, 0.2) is 24.3 Å². The summed E-state index contributed by atoms with van der Waals surface area (Å²) in [5, 5.41) is 3.49. The fourth-order valence-electron chi connectivity index (χ4n) is 2.98. The summed E-state index contributed by atoms with van der Waals surface area (Å²) in [4.78, 5) is 0. The molecule has 1 aromatic rings. The fraction of sp³-hybridized carbons (Fsp3) is 0.625. The van der Waals surface area contributed by atoms with Crippen LogP contribution in [0.5, 0.6) is 5.75 Å². The quantitative estimate of drug-likeness (QED) is 0.903. The van der Waals surface area contributed by atoms with E-state index in [0.29, 0.717) is 0 Å². The number of nitrogens with one attached hydrogen (secondary N) is 1. The second kappa shape index (κ2) is 6.40. The van der Waals surface area contributed by atoms with E-state index in [1.165, 1.54) is 24.9 Å². The number of ether oxygens (including phenoxy) is 2. The van der Waals surface area contributed by atoms with Crippen LogP contribution in [0.3, 0.4) is 0 Å². The lowest BCUT2D eigenvalue weighted by Gasteiger charge is -2.24. The van der Waals surface area contributed by atoms with Gasteiger partial charge in [0.1, 0.15) is 11.9 Å². The fourth-order valence-corrected chi connectivity index (χ4v) is 2.98. The Balaban J connectivity index is 1.65. The van der Waals surface area contributed by atoms with E-state index in [1.807, 2.05) is 0 Å². The van der Waals surface area contributed by atoms with Crippen LogP contribution in [0.1, 0.15) is 24.8 Å². The molecule has 2 fully saturated rings. The normalized spacial score (nSPS) is 27.4. The van der Waals surface area contributed by atoms with Gasteiger partial charge >= 0.3 is 0 Å². The van der Waals surface area contributed by atoms with E-state index in [0.717, 1.165) is 44.3 Å². The Morgan fingerprint density at radius 3 is 3.00 bits per heavy atom. The van der Waals surface area contributed by atoms with Crippen molar-refractivity contribution in [1.29, 1.82) is 0 Å². The molecule has 3 nitrogen and oxygen atoms in total. The van der Waals surface area contributed by atoms with Crippen molar-refractivity contribution in [3.63, 3.8) is 0 Å². The van der Waals surface area contributed by atoms with Crippen LogP contribution in [0.4, 0.5) is 0 Å². The molecular formula is C16H23NO2. The molecule has 3 rings (SSSR count). The second-order valence-corrected chi connectivity index (χ2v) is 5.63. The molecule has 2 atom stereocenters. The molecule has 0 spiro atoms. The van der Waals surface area contributed by atoms with Gasteiger partial charge in [0.2, 0.25) is 0 Å². The van der Waals surface area contributed by atoms with Gasteiger partial charge in [-0.05, 0) is 49.9 Å². The number of hydrogen-bond donors (Lipinski definition) is 1. The van der Waals surface area contributed by atoms with Gasteiger partial charge in [0, 0.05) is 6.42 Å². The van der Waals surface area contributed by atoms with Gasteiger partial charge in [-0.1, -0.05) is 18.2 Å². The molecule has 0 aliphatic carbocycles. The molecule has 2 aliphatic heterocycles. The first kappa shape index (κ1) is 12.9. The smallest absolute Gasteiger partial charge is 0.124 e. The van der Waals surface area contributed by atoms with Crippen molar-refractivity contribution in [3.05, 3.63) is 29.8 Å². The highest BCUT2D eigenvalue weighted by Gasteiger charge is 2.20. The van der Waals surface area contributed by atoms with E-state index in [-0.39, 0.29) is 6.10 Å². The maximum atomic E-state index is 6.10. The molecule has 2 aliphatic rings. The maximum Gasteiger partial charge on any atom is 0.124 e. The summed E-state index contributed by atoms with van der Waals surface area (Å²) >= 11 is 0. The number of hydrogen-bond acceptors (Lipinski definition) is 3. The predicted molar refractivity (Wildman–Crippen MR) is 75.6 cm³/mol. The summed E-state index contributed by atoms with van der Waals surface area (Å²) in [6.07, 6.45) is 5.00. The van der Waals surface area contributed by atoms with Crippen LogP contribution >= 0.6 is 0 Å². The first-order valence-electron chi connectivity index (χ1n) is 7.45. The second-order valence-electron chi connectivity index (χ2n) is 5.63. The highest BCUT2D eigenvalue weighted by atomic mass is 16.5. The molecule has 0 saturated carbocycles. The first-order chi connectivity index (χ1) is 9.42. The number of piperidine rings is 1. The van der Waals surface area contributed by atoms with Crippen molar-refractivity contribution in [2.75, 3.05) is 26.3 Å². The van der Waals surface area contributed by atoms with E-state index in [4.69, 9.17) is 9.47 Å². The molecule has 2 unspecified atom stereocenters. The van der Waals surface area contributed by atoms with E-state index in [1.54, 1.807) is 0 Å². The van der Waals surface area contributed by atoms with Crippen LogP contribution in [-0.4, -0.2) is 32.4 Å². The van der Waals surface area contributed by atoms with Gasteiger partial charge in [-0.2, -0.15) is 0 Å². The standard InChI is InChI=1S/C16H23NO2/c1-2-6-16(19-15-7-9-18-12-15)14(5-1)10-13-4-3-8-17-11-13/h1-2,5-6,13,15,17H,3-4,7-12H2. The van der Waals surface area contributed by atoms with Crippen molar-refractivity contribution >= 4 is 0 Å². The molecule has 19 heavy (non-hydrogen) atoms. The summed E-state index contributed by atoms with van der Waals surface area (Å²) in [6, 6.07) is 8.49. The van der Waals surface area contributed by atoms with Crippen molar-refractivity contribution < 1.29 is 9.47 Å². The predicted octanol–water partition coefficient (Wildman–Crippen LogP) is 2.40. The van der Waals surface area contributed by atoms with E-state index in [2.05, 4.69) is 29.6 Å². The van der Waals surface area contributed by atoms with Gasteiger partial charge in [-0.3, -0.25) is 0 Å². The molecular weight excluding hydrogens is 238 g/mol. The molecule has 0 aromatic heterocycles. The summed E-state index contributed by atoms with van der Waals surface area (Å²) < 4.78 is 11.5. The third-order valence-electron chi connectivity index (χ3n) is 4.06. The molecule has 2 heterocycles. The van der Waals surface area contributed by atoms with Crippen molar-refractivity contribution in [2.45, 2.75) is 31.8 Å². The lowest BCUT2D eigenvalue weighted by atomic mass is 9.92. The SMILES string of the molecule is c1ccc(OC2CCOC2)c(CC2CCCNC2)c1. The van der Waals surface area contributed by atoms with Crippen LogP contribution in [-0.2, 0) is 11.2 Å². The molecule has 3 heteroatoms. The molecule has 1 N–H and O–H groups in total. The lowest BCUT2D eigenvalue weighted by molar-refractivity contribution is 0.140. The Hall–Kier alpha value is -1.06. The van der Waals surface area contributed by atoms with Crippen LogP contribution in [0.25, 0.3) is 0 Å². The number of rotatable bonds is 4. The van der Waals surface area contributed by atoms with Gasteiger partial charge in [0.05, 0.1) is 13.2 Å². The average Bonchev–Trinajstić information content (AvgIpc) is 2.95. The minimum atomic E-state index is 0.241. The van der Waals surface area contributed by atoms with Crippen molar-refractivity contribution in [2.24, 2.45) is 5.92 Å². The third-order valence-corrected chi connectivity index (χ3v) is 4.06. The zero-order chi connectivity index (χ0) is 12.9. The molecule has 1 aromatic carbocycles. The third kappa shape index (κ3) is 3.48. The summed E-state index contributed by atoms with van der Waals surface area (Å²) in [5.41, 5.74) is 1.35. The van der Waals surface area contributed by atoms with E-state index in [9.17, 15) is 0 Å². The molecule has 0 amide bonds. The Bertz CT molecular complexity index is 395. The minimum Gasteiger partial charge on any atom is -0.488 e. The van der Waals surface area contributed by atoms with Crippen molar-refractivity contribution in [1.82, 2.24) is 5.32 Å². The Morgan fingerprint density at radius 2 is 2.21 bits per heavy atom. The summed E-state index contributed by atoms with van der Waals surface area (Å²) in [5.74, 6) is 1.81. The highest BCUT2D eigenvalue weighted by Crippen LogP contribution is 2.26. The Morgan fingerprint density at radius 1 is 1.26 bits per heavy atom. The molecule has 0 radical (unpaired) electrons. The highest BCUT2D eigenvalue weighted by molar-refractivity contribution is 5.34. The molecule has 2 saturated heterocycles. The Kier molecular flexibility index (Phi) is 4.36. The molecule has 0 bridgehead atoms. The first-order valence-corrected chi connectivity index (χ1v) is 7.45. The summed E-state index contributed by atoms with van der Waals surface area (Å²) in [7, 11) is 0. The molecule has 104 valence electrons. The van der Waals surface area contributed by atoms with E-state index < -0.39 is 0 Å². The number of benzene rings is 1. The van der Waals surface area contributed by atoms with Gasteiger partial charge in [-0.15, -0.1) is 0 Å². The number of para-hydroxylation sites is 1. The Labute approximate surface area is 115 Å². The topological polar surface area (TPSA) is 30.5 Å². The lowest BCUT2D eigenvalue weighted by Crippen LogP contribution is -2.31. The van der Waals surface area contributed by atoms with Crippen molar-refractivity contribution in [3.8, 4) is 5.75 Å². The minimum absolute atomic E-state index is 0.241. The maximum absolute atomic E-state index is 6.10. The zero-order valence-corrected chi connectivity index (χ0v) is 11.4. The largest absolute Gasteiger partial charge is 0.488 e. The monoisotopic (exact) mass is 261 g/mol. The van der Waals surface area contributed by atoms with Crippen LogP contribution < -0.4 is 10.1 Å². The van der Waals surface area contributed by atoms with Crippen LogP contribution in [0.2, 0.25) is 0 Å². The summed E-state index contributed by atoms with van der Waals surface area (Å²) in [6.45, 7) is 3.88. The van der Waals surface area contributed by atoms with Gasteiger partial charge in [0.15, 0.2) is 0 Å². The average molecular weight is 261 g/mol. The van der Waals surface area contributed by atoms with E-state index >= 15 is 0 Å². The van der Waals surface area contributed by atoms with Gasteiger partial charge < -0.3 is 14.8 Å². The van der Waals surface area contributed by atoms with Gasteiger partial charge in [0.25, 0.3) is 0 Å². The van der Waals surface area contributed by atoms with Gasteiger partial charge in [-0.25, -0.2) is 0 Å².